The van der Waals surface area contributed by atoms with Crippen molar-refractivity contribution in [3.05, 3.63) is 66.2 Å². The molecule has 142 valence electrons. The Kier molecular flexibility index (Phi) is 5.88. The Balaban J connectivity index is 1.51. The third-order valence-electron chi connectivity index (χ3n) is 4.31. The van der Waals surface area contributed by atoms with E-state index in [1.807, 2.05) is 0 Å². The van der Waals surface area contributed by atoms with Gasteiger partial charge in [-0.1, -0.05) is 36.4 Å². The molecule has 1 saturated heterocycles. The van der Waals surface area contributed by atoms with Crippen LogP contribution in [0.1, 0.15) is 10.4 Å². The summed E-state index contributed by atoms with van der Waals surface area (Å²) in [5, 5.41) is 0. The van der Waals surface area contributed by atoms with E-state index in [0.29, 0.717) is 5.56 Å². The van der Waals surface area contributed by atoms with Gasteiger partial charge in [-0.05, 0) is 24.3 Å². The topological polar surface area (TPSA) is 84.0 Å². The summed E-state index contributed by atoms with van der Waals surface area (Å²) in [7, 11) is -3.56. The molecule has 0 radical (unpaired) electrons. The fraction of sp³-hybridized carbons (Fsp3) is 0.263. The predicted octanol–water partition coefficient (Wildman–Crippen LogP) is 1.38. The highest BCUT2D eigenvalue weighted by Gasteiger charge is 2.30. The van der Waals surface area contributed by atoms with Crippen LogP contribution in [0.2, 0.25) is 0 Å². The van der Waals surface area contributed by atoms with Crippen LogP contribution in [0.4, 0.5) is 0 Å². The second kappa shape index (κ2) is 8.32. The van der Waals surface area contributed by atoms with Gasteiger partial charge in [-0.3, -0.25) is 4.79 Å². The van der Waals surface area contributed by atoms with E-state index in [1.54, 1.807) is 60.7 Å². The van der Waals surface area contributed by atoms with Gasteiger partial charge in [0.1, 0.15) is 0 Å². The molecule has 0 atom stereocenters. The molecular formula is C19H20N2O5S. The quantitative estimate of drug-likeness (QED) is 0.723. The third kappa shape index (κ3) is 4.53. The lowest BCUT2D eigenvalue weighted by Gasteiger charge is -2.33. The summed E-state index contributed by atoms with van der Waals surface area (Å²) in [5.41, 5.74) is 0.379. The van der Waals surface area contributed by atoms with Gasteiger partial charge in [0, 0.05) is 26.2 Å². The number of ether oxygens (including phenoxy) is 1. The maximum absolute atomic E-state index is 12.6. The van der Waals surface area contributed by atoms with Crippen LogP contribution >= 0.6 is 0 Å². The summed E-state index contributed by atoms with van der Waals surface area (Å²) in [6.07, 6.45) is 0. The summed E-state index contributed by atoms with van der Waals surface area (Å²) in [4.78, 5) is 25.9. The first-order valence-corrected chi connectivity index (χ1v) is 9.97. The Morgan fingerprint density at radius 2 is 1.41 bits per heavy atom. The summed E-state index contributed by atoms with van der Waals surface area (Å²) in [6.45, 7) is 0.561. The van der Waals surface area contributed by atoms with Crippen LogP contribution in [0.15, 0.2) is 65.6 Å². The molecule has 0 bridgehead atoms. The number of rotatable bonds is 5. The Morgan fingerprint density at radius 3 is 2.00 bits per heavy atom. The molecule has 1 heterocycles. The molecule has 8 heteroatoms. The van der Waals surface area contributed by atoms with Gasteiger partial charge in [-0.2, -0.15) is 4.31 Å². The van der Waals surface area contributed by atoms with Gasteiger partial charge in [0.15, 0.2) is 6.61 Å². The Morgan fingerprint density at radius 1 is 0.852 bits per heavy atom. The molecule has 1 fully saturated rings. The van der Waals surface area contributed by atoms with Crippen LogP contribution in [0.5, 0.6) is 0 Å². The van der Waals surface area contributed by atoms with E-state index in [0.717, 1.165) is 0 Å². The summed E-state index contributed by atoms with van der Waals surface area (Å²) >= 11 is 0. The standard InChI is InChI=1S/C19H20N2O5S/c22-18(15-26-19(23)16-7-3-1-4-8-16)20-11-13-21(14-12-20)27(24,25)17-9-5-2-6-10-17/h1-10H,11-15H2. The van der Waals surface area contributed by atoms with Crippen molar-refractivity contribution in [3.8, 4) is 0 Å². The maximum Gasteiger partial charge on any atom is 0.338 e. The van der Waals surface area contributed by atoms with Crippen LogP contribution in [0.25, 0.3) is 0 Å². The van der Waals surface area contributed by atoms with Crippen molar-refractivity contribution in [2.75, 3.05) is 32.8 Å². The number of carbonyl (C=O) groups excluding carboxylic acids is 2. The lowest BCUT2D eigenvalue weighted by molar-refractivity contribution is -0.135. The van der Waals surface area contributed by atoms with Crippen LogP contribution < -0.4 is 0 Å². The lowest BCUT2D eigenvalue weighted by atomic mass is 10.2. The van der Waals surface area contributed by atoms with E-state index in [-0.39, 0.29) is 43.6 Å². The van der Waals surface area contributed by atoms with E-state index in [9.17, 15) is 18.0 Å². The monoisotopic (exact) mass is 388 g/mol. The highest BCUT2D eigenvalue weighted by Crippen LogP contribution is 2.17. The Hall–Kier alpha value is -2.71. The molecule has 3 rings (SSSR count). The minimum absolute atomic E-state index is 0.204. The van der Waals surface area contributed by atoms with Crippen molar-refractivity contribution in [2.45, 2.75) is 4.90 Å². The van der Waals surface area contributed by atoms with E-state index in [4.69, 9.17) is 4.74 Å². The maximum atomic E-state index is 12.6. The number of hydrogen-bond donors (Lipinski definition) is 0. The molecule has 0 aromatic heterocycles. The first-order chi connectivity index (χ1) is 13.0. The normalized spacial score (nSPS) is 15.3. The zero-order chi connectivity index (χ0) is 19.3. The van der Waals surface area contributed by atoms with Gasteiger partial charge < -0.3 is 9.64 Å². The molecule has 1 aliphatic heterocycles. The lowest BCUT2D eigenvalue weighted by Crippen LogP contribution is -2.51. The van der Waals surface area contributed by atoms with Gasteiger partial charge in [0.05, 0.1) is 10.5 Å². The zero-order valence-corrected chi connectivity index (χ0v) is 15.5. The number of nitrogens with zero attached hydrogens (tertiary/aromatic N) is 2. The molecule has 0 unspecified atom stereocenters. The van der Waals surface area contributed by atoms with E-state index in [1.165, 1.54) is 9.21 Å². The molecule has 1 amide bonds. The van der Waals surface area contributed by atoms with Gasteiger partial charge in [0.2, 0.25) is 10.0 Å². The van der Waals surface area contributed by atoms with Crippen molar-refractivity contribution in [3.63, 3.8) is 0 Å². The Labute approximate surface area is 158 Å². The fourth-order valence-corrected chi connectivity index (χ4v) is 4.24. The minimum Gasteiger partial charge on any atom is -0.452 e. The van der Waals surface area contributed by atoms with Crippen LogP contribution in [0.3, 0.4) is 0 Å². The summed E-state index contributed by atoms with van der Waals surface area (Å²) in [5.74, 6) is -0.898. The van der Waals surface area contributed by atoms with Gasteiger partial charge in [-0.15, -0.1) is 0 Å². The molecule has 0 saturated carbocycles. The zero-order valence-electron chi connectivity index (χ0n) is 14.7. The highest BCUT2D eigenvalue weighted by atomic mass is 32.2. The van der Waals surface area contributed by atoms with Crippen molar-refractivity contribution in [1.29, 1.82) is 0 Å². The van der Waals surface area contributed by atoms with Crippen molar-refractivity contribution in [2.24, 2.45) is 0 Å². The summed E-state index contributed by atoms with van der Waals surface area (Å²) < 4.78 is 31.6. The van der Waals surface area contributed by atoms with Gasteiger partial charge >= 0.3 is 5.97 Å². The van der Waals surface area contributed by atoms with Crippen LogP contribution in [-0.4, -0.2) is 62.3 Å². The second-order valence-corrected chi connectivity index (χ2v) is 7.98. The second-order valence-electron chi connectivity index (χ2n) is 6.04. The van der Waals surface area contributed by atoms with Crippen molar-refractivity contribution < 1.29 is 22.7 Å². The molecule has 0 spiro atoms. The molecule has 0 aliphatic carbocycles. The molecular weight excluding hydrogens is 368 g/mol. The number of hydrogen-bond acceptors (Lipinski definition) is 5. The SMILES string of the molecule is O=C(OCC(=O)N1CCN(S(=O)(=O)c2ccccc2)CC1)c1ccccc1. The molecule has 7 nitrogen and oxygen atoms in total. The number of sulfonamides is 1. The molecule has 2 aromatic carbocycles. The number of benzene rings is 2. The first kappa shape index (κ1) is 19.1. The number of amides is 1. The van der Waals surface area contributed by atoms with Crippen molar-refractivity contribution >= 4 is 21.9 Å². The van der Waals surface area contributed by atoms with Gasteiger partial charge in [0.25, 0.3) is 5.91 Å². The minimum atomic E-state index is -3.56. The predicted molar refractivity (Wildman–Crippen MR) is 98.5 cm³/mol. The smallest absolute Gasteiger partial charge is 0.338 e. The van der Waals surface area contributed by atoms with Crippen LogP contribution in [-0.2, 0) is 19.6 Å². The fourth-order valence-electron chi connectivity index (χ4n) is 2.80. The third-order valence-corrected chi connectivity index (χ3v) is 6.22. The van der Waals surface area contributed by atoms with Gasteiger partial charge in [-0.25, -0.2) is 13.2 Å². The molecule has 1 aliphatic rings. The number of esters is 1. The number of carbonyl (C=O) groups is 2. The average Bonchev–Trinajstić information content (AvgIpc) is 2.73. The average molecular weight is 388 g/mol. The molecule has 0 N–H and O–H groups in total. The highest BCUT2D eigenvalue weighted by molar-refractivity contribution is 7.89. The largest absolute Gasteiger partial charge is 0.452 e. The van der Waals surface area contributed by atoms with Crippen LogP contribution in [0, 0.1) is 0 Å². The van der Waals surface area contributed by atoms with E-state index < -0.39 is 16.0 Å². The first-order valence-electron chi connectivity index (χ1n) is 8.53. The number of piperazine rings is 1. The van der Waals surface area contributed by atoms with E-state index in [2.05, 4.69) is 0 Å². The summed E-state index contributed by atoms with van der Waals surface area (Å²) in [6, 6.07) is 16.6. The van der Waals surface area contributed by atoms with E-state index >= 15 is 0 Å². The van der Waals surface area contributed by atoms with Crippen molar-refractivity contribution in [1.82, 2.24) is 9.21 Å². The molecule has 2 aromatic rings. The molecule has 27 heavy (non-hydrogen) atoms. The Bertz CT molecular complexity index is 892.